The fourth-order valence-electron chi connectivity index (χ4n) is 5.05. The van der Waals surface area contributed by atoms with Crippen LogP contribution in [-0.4, -0.2) is 51.9 Å². The Morgan fingerprint density at radius 3 is 2.44 bits per heavy atom. The molecule has 4 rings (SSSR count). The zero-order valence-electron chi connectivity index (χ0n) is 18.8. The highest BCUT2D eigenvalue weighted by Crippen LogP contribution is 2.37. The third-order valence-electron chi connectivity index (χ3n) is 6.63. The number of piperidine rings is 1. The second kappa shape index (κ2) is 10.0. The first-order valence-corrected chi connectivity index (χ1v) is 11.0. The minimum Gasteiger partial charge on any atom is -0.496 e. The van der Waals surface area contributed by atoms with E-state index in [1.165, 1.54) is 6.07 Å². The molecular weight excluding hydrogens is 416 g/mol. The summed E-state index contributed by atoms with van der Waals surface area (Å²) in [7, 11) is 4.91. The fourth-order valence-corrected chi connectivity index (χ4v) is 5.05. The highest BCUT2D eigenvalue weighted by atomic mass is 19.1. The fraction of sp³-hybridized carbons (Fsp3) is 0.500. The number of ether oxygens (including phenoxy) is 3. The summed E-state index contributed by atoms with van der Waals surface area (Å²) in [6, 6.07) is 7.69. The van der Waals surface area contributed by atoms with E-state index >= 15 is 0 Å². The minimum absolute atomic E-state index is 0.0504. The van der Waals surface area contributed by atoms with Crippen LogP contribution in [0.1, 0.15) is 29.9 Å². The Morgan fingerprint density at radius 1 is 1.03 bits per heavy atom. The van der Waals surface area contributed by atoms with E-state index in [1.807, 2.05) is 12.1 Å². The van der Waals surface area contributed by atoms with Gasteiger partial charge in [-0.1, -0.05) is 6.07 Å². The average molecular weight is 448 g/mol. The molecule has 2 aromatic carbocycles. The van der Waals surface area contributed by atoms with Crippen LogP contribution in [0.5, 0.6) is 17.2 Å². The van der Waals surface area contributed by atoms with E-state index in [-0.39, 0.29) is 12.0 Å². The van der Waals surface area contributed by atoms with Crippen LogP contribution in [-0.2, 0) is 6.54 Å². The minimum atomic E-state index is -0.548. The summed E-state index contributed by atoms with van der Waals surface area (Å²) in [6.45, 7) is 3.12. The van der Waals surface area contributed by atoms with Crippen LogP contribution in [0.3, 0.4) is 0 Å². The second-order valence-corrected chi connectivity index (χ2v) is 8.47. The Hall–Kier alpha value is -2.42. The molecule has 0 amide bonds. The number of hydrazine groups is 1. The highest BCUT2D eigenvalue weighted by Gasteiger charge is 2.38. The number of benzene rings is 2. The van der Waals surface area contributed by atoms with Crippen LogP contribution in [0.15, 0.2) is 30.3 Å². The maximum Gasteiger partial charge on any atom is 0.130 e. The molecule has 6 nitrogen and oxygen atoms in total. The molecule has 0 aliphatic carbocycles. The van der Waals surface area contributed by atoms with Gasteiger partial charge in [-0.2, -0.15) is 0 Å². The first kappa shape index (κ1) is 22.8. The predicted molar refractivity (Wildman–Crippen MR) is 118 cm³/mol. The Kier molecular flexibility index (Phi) is 7.13. The lowest BCUT2D eigenvalue weighted by atomic mass is 9.81. The molecule has 0 aromatic heterocycles. The van der Waals surface area contributed by atoms with E-state index in [2.05, 4.69) is 15.8 Å². The molecule has 8 heteroatoms. The van der Waals surface area contributed by atoms with Gasteiger partial charge in [-0.25, -0.2) is 8.78 Å². The van der Waals surface area contributed by atoms with Gasteiger partial charge in [-0.3, -0.25) is 15.8 Å². The van der Waals surface area contributed by atoms with Crippen molar-refractivity contribution in [2.75, 3.05) is 41.0 Å². The van der Waals surface area contributed by atoms with E-state index in [0.717, 1.165) is 49.1 Å². The van der Waals surface area contributed by atoms with Crippen LogP contribution in [0.25, 0.3) is 0 Å². The Labute approximate surface area is 187 Å². The Balaban J connectivity index is 1.51. The van der Waals surface area contributed by atoms with Crippen molar-refractivity contribution in [3.63, 3.8) is 0 Å². The predicted octanol–water partition coefficient (Wildman–Crippen LogP) is 3.46. The second-order valence-electron chi connectivity index (χ2n) is 8.47. The Morgan fingerprint density at radius 2 is 1.78 bits per heavy atom. The first-order valence-electron chi connectivity index (χ1n) is 11.0. The zero-order chi connectivity index (χ0) is 22.7. The summed E-state index contributed by atoms with van der Waals surface area (Å²) >= 11 is 0. The quantitative estimate of drug-likeness (QED) is 0.678. The summed E-state index contributed by atoms with van der Waals surface area (Å²) in [5.41, 5.74) is 8.09. The average Bonchev–Trinajstić information content (AvgIpc) is 3.29. The molecule has 2 aromatic rings. The largest absolute Gasteiger partial charge is 0.496 e. The summed E-state index contributed by atoms with van der Waals surface area (Å²) in [5, 5.41) is 0. The maximum atomic E-state index is 14.5. The van der Waals surface area contributed by atoms with Gasteiger partial charge in [-0.15, -0.1) is 0 Å². The molecule has 0 radical (unpaired) electrons. The summed E-state index contributed by atoms with van der Waals surface area (Å²) < 4.78 is 44.5. The molecule has 2 aliphatic rings. The number of nitrogens with zero attached hydrogens (tertiary/aromatic N) is 1. The monoisotopic (exact) mass is 447 g/mol. The molecule has 0 saturated carbocycles. The lowest BCUT2D eigenvalue weighted by Gasteiger charge is -2.37. The van der Waals surface area contributed by atoms with Crippen molar-refractivity contribution in [1.82, 2.24) is 15.8 Å². The molecule has 3 unspecified atom stereocenters. The number of nitrogens with one attached hydrogen (secondary N) is 2. The highest BCUT2D eigenvalue weighted by molar-refractivity contribution is 5.50. The zero-order valence-corrected chi connectivity index (χ0v) is 18.8. The van der Waals surface area contributed by atoms with Gasteiger partial charge in [0, 0.05) is 49.8 Å². The number of hydrogen-bond acceptors (Lipinski definition) is 6. The molecule has 2 N–H and O–H groups in total. The van der Waals surface area contributed by atoms with Gasteiger partial charge in [0.1, 0.15) is 28.9 Å². The van der Waals surface area contributed by atoms with Gasteiger partial charge in [0.15, 0.2) is 0 Å². The third kappa shape index (κ3) is 4.67. The third-order valence-corrected chi connectivity index (χ3v) is 6.63. The van der Waals surface area contributed by atoms with Gasteiger partial charge in [0.25, 0.3) is 0 Å². The molecule has 2 fully saturated rings. The van der Waals surface area contributed by atoms with Gasteiger partial charge in [0.05, 0.1) is 26.9 Å². The summed E-state index contributed by atoms with van der Waals surface area (Å²) in [4.78, 5) is 2.39. The van der Waals surface area contributed by atoms with E-state index in [0.29, 0.717) is 30.3 Å². The molecule has 0 bridgehead atoms. The number of halogens is 2. The van der Waals surface area contributed by atoms with Crippen LogP contribution in [0, 0.1) is 17.6 Å². The number of likely N-dealkylation sites (tertiary alicyclic amines) is 1. The van der Waals surface area contributed by atoms with Gasteiger partial charge < -0.3 is 14.2 Å². The van der Waals surface area contributed by atoms with Crippen molar-refractivity contribution in [1.29, 1.82) is 0 Å². The lowest BCUT2D eigenvalue weighted by Crippen LogP contribution is -2.46. The topological polar surface area (TPSA) is 55.0 Å². The molecule has 174 valence electrons. The van der Waals surface area contributed by atoms with Crippen LogP contribution in [0.4, 0.5) is 8.78 Å². The van der Waals surface area contributed by atoms with Crippen molar-refractivity contribution < 1.29 is 23.0 Å². The van der Waals surface area contributed by atoms with E-state index in [9.17, 15) is 8.78 Å². The first-order chi connectivity index (χ1) is 15.5. The standard InChI is InChI=1S/C24H31F2N3O3/c1-30-17-10-22(31-2)20(23(11-17)32-3)14-29-8-4-5-15(13-29)24-19(12-27-28-24)18-7-6-16(25)9-21(18)26/h6-7,9-11,15,19,24,27-28H,4-5,8,12-14H2,1-3H3. The van der Waals surface area contributed by atoms with Gasteiger partial charge >= 0.3 is 0 Å². The normalized spacial score (nSPS) is 23.8. The molecule has 2 heterocycles. The lowest BCUT2D eigenvalue weighted by molar-refractivity contribution is 0.137. The van der Waals surface area contributed by atoms with Gasteiger partial charge in [0.2, 0.25) is 0 Å². The van der Waals surface area contributed by atoms with E-state index in [1.54, 1.807) is 27.4 Å². The van der Waals surface area contributed by atoms with E-state index < -0.39 is 11.6 Å². The maximum absolute atomic E-state index is 14.5. The van der Waals surface area contributed by atoms with Crippen molar-refractivity contribution in [2.24, 2.45) is 5.92 Å². The van der Waals surface area contributed by atoms with E-state index in [4.69, 9.17) is 14.2 Å². The number of methoxy groups -OCH3 is 3. The van der Waals surface area contributed by atoms with Gasteiger partial charge in [-0.05, 0) is 36.9 Å². The van der Waals surface area contributed by atoms with Crippen molar-refractivity contribution >= 4 is 0 Å². The SMILES string of the molecule is COc1cc(OC)c(CN2CCCC(C3NNCC3c3ccc(F)cc3F)C2)c(OC)c1. The Bertz CT molecular complexity index is 918. The summed E-state index contributed by atoms with van der Waals surface area (Å²) in [5.74, 6) is 1.39. The van der Waals surface area contributed by atoms with Crippen molar-refractivity contribution in [2.45, 2.75) is 31.3 Å². The number of hydrogen-bond donors (Lipinski definition) is 2. The molecular formula is C24H31F2N3O3. The smallest absolute Gasteiger partial charge is 0.130 e. The molecule has 2 saturated heterocycles. The van der Waals surface area contributed by atoms with Crippen molar-refractivity contribution in [3.05, 3.63) is 53.1 Å². The molecule has 32 heavy (non-hydrogen) atoms. The van der Waals surface area contributed by atoms with Crippen molar-refractivity contribution in [3.8, 4) is 17.2 Å². The van der Waals surface area contributed by atoms with Crippen LogP contribution >= 0.6 is 0 Å². The summed E-state index contributed by atoms with van der Waals surface area (Å²) in [6.07, 6.45) is 2.09. The molecule has 2 aliphatic heterocycles. The molecule has 3 atom stereocenters. The van der Waals surface area contributed by atoms with Crippen LogP contribution < -0.4 is 25.1 Å². The van der Waals surface area contributed by atoms with Crippen LogP contribution in [0.2, 0.25) is 0 Å². The molecule has 0 spiro atoms. The number of rotatable bonds is 7.